The summed E-state index contributed by atoms with van der Waals surface area (Å²) < 4.78 is 25.4. The number of alkyl halides is 3. The van der Waals surface area contributed by atoms with Gasteiger partial charge in [-0.25, -0.2) is 8.78 Å². The van der Waals surface area contributed by atoms with Crippen molar-refractivity contribution in [1.29, 1.82) is 0 Å². The molecule has 0 saturated heterocycles. The number of nitrogens with zero attached hydrogens (tertiary/aromatic N) is 1. The van der Waals surface area contributed by atoms with Gasteiger partial charge in [0.15, 0.2) is 0 Å². The molecule has 1 N–H and O–H groups in total. The maximum Gasteiger partial charge on any atom is 0.266 e. The summed E-state index contributed by atoms with van der Waals surface area (Å²) in [6, 6.07) is 1.40. The molecule has 0 spiro atoms. The molecule has 0 unspecified atom stereocenters. The first kappa shape index (κ1) is 12.0. The lowest BCUT2D eigenvalue weighted by Gasteiger charge is -2.09. The molecule has 0 aliphatic rings. The van der Waals surface area contributed by atoms with Crippen molar-refractivity contribution in [2.45, 2.75) is 18.4 Å². The highest BCUT2D eigenvalue weighted by Gasteiger charge is 2.18. The molecule has 0 saturated carbocycles. The Balaban J connectivity index is 3.27. The van der Waals surface area contributed by atoms with E-state index in [-0.39, 0.29) is 27.7 Å². The third kappa shape index (κ3) is 2.49. The first-order valence-corrected chi connectivity index (χ1v) is 5.64. The van der Waals surface area contributed by atoms with E-state index in [1.807, 2.05) is 0 Å². The van der Waals surface area contributed by atoms with E-state index < -0.39 is 6.43 Å². The monoisotopic (exact) mass is 329 g/mol. The number of hydrogen-bond acceptors (Lipinski definition) is 2. The summed E-state index contributed by atoms with van der Waals surface area (Å²) in [4.78, 5) is 3.88. The van der Waals surface area contributed by atoms with Crippen molar-refractivity contribution in [3.05, 3.63) is 27.5 Å². The maximum atomic E-state index is 12.6. The van der Waals surface area contributed by atoms with Crippen LogP contribution in [0.3, 0.4) is 0 Å². The smallest absolute Gasteiger partial charge is 0.266 e. The molecule has 0 bridgehead atoms. The molecular weight excluding hydrogens is 324 g/mol. The van der Waals surface area contributed by atoms with Gasteiger partial charge in [0, 0.05) is 9.80 Å². The molecule has 1 aromatic heterocycles. The molecule has 0 aliphatic heterocycles. The van der Waals surface area contributed by atoms with E-state index in [0.717, 1.165) is 0 Å². The van der Waals surface area contributed by atoms with Crippen molar-refractivity contribution in [3.63, 3.8) is 0 Å². The summed E-state index contributed by atoms with van der Waals surface area (Å²) in [5.41, 5.74) is 0.494. The Kier molecular flexibility index (Phi) is 4.40. The van der Waals surface area contributed by atoms with E-state index in [0.29, 0.717) is 5.69 Å². The minimum atomic E-state index is -2.57. The van der Waals surface area contributed by atoms with Gasteiger partial charge in [-0.05, 0) is 6.07 Å². The quantitative estimate of drug-likeness (QED) is 0.863. The highest BCUT2D eigenvalue weighted by molar-refractivity contribution is 9.10. The Bertz CT molecular complexity index is 333. The molecular formula is C8H7Br2F2NO. The van der Waals surface area contributed by atoms with Crippen LogP contribution in [-0.2, 0) is 11.9 Å². The van der Waals surface area contributed by atoms with Gasteiger partial charge in [0.1, 0.15) is 0 Å². The Hall–Kier alpha value is -0.0700. The molecule has 78 valence electrons. The SMILES string of the molecule is OCc1cc(Br)c(C(F)F)c(CBr)n1. The molecule has 0 radical (unpaired) electrons. The van der Waals surface area contributed by atoms with Crippen molar-refractivity contribution < 1.29 is 13.9 Å². The van der Waals surface area contributed by atoms with E-state index >= 15 is 0 Å². The molecule has 0 aromatic carbocycles. The molecule has 6 heteroatoms. The van der Waals surface area contributed by atoms with E-state index in [1.165, 1.54) is 6.07 Å². The summed E-state index contributed by atoms with van der Waals surface area (Å²) in [5, 5.41) is 9.06. The Labute approximate surface area is 96.6 Å². The number of hydrogen-bond donors (Lipinski definition) is 1. The predicted octanol–water partition coefficient (Wildman–Crippen LogP) is 3.17. The van der Waals surface area contributed by atoms with Gasteiger partial charge in [-0.2, -0.15) is 0 Å². The van der Waals surface area contributed by atoms with Gasteiger partial charge in [0.2, 0.25) is 0 Å². The van der Waals surface area contributed by atoms with Crippen LogP contribution in [0.2, 0.25) is 0 Å². The van der Waals surface area contributed by atoms with E-state index in [9.17, 15) is 8.78 Å². The van der Waals surface area contributed by atoms with Crippen molar-refractivity contribution >= 4 is 31.9 Å². The van der Waals surface area contributed by atoms with Crippen LogP contribution in [0.15, 0.2) is 10.5 Å². The van der Waals surface area contributed by atoms with Gasteiger partial charge in [0.25, 0.3) is 6.43 Å². The average Bonchev–Trinajstić information content (AvgIpc) is 2.15. The van der Waals surface area contributed by atoms with Gasteiger partial charge in [-0.3, -0.25) is 4.98 Å². The van der Waals surface area contributed by atoms with Gasteiger partial charge in [-0.15, -0.1) is 0 Å². The molecule has 1 heterocycles. The Morgan fingerprint density at radius 1 is 1.50 bits per heavy atom. The second-order valence-electron chi connectivity index (χ2n) is 2.55. The summed E-state index contributed by atoms with van der Waals surface area (Å²) in [6.07, 6.45) is -2.57. The van der Waals surface area contributed by atoms with Crippen molar-refractivity contribution in [2.24, 2.45) is 0 Å². The number of aliphatic hydroxyl groups excluding tert-OH is 1. The minimum Gasteiger partial charge on any atom is -0.390 e. The molecule has 2 nitrogen and oxygen atoms in total. The number of rotatable bonds is 3. The third-order valence-electron chi connectivity index (χ3n) is 1.65. The largest absolute Gasteiger partial charge is 0.390 e. The summed E-state index contributed by atoms with van der Waals surface area (Å²) in [5.74, 6) is 0. The Morgan fingerprint density at radius 2 is 2.14 bits per heavy atom. The lowest BCUT2D eigenvalue weighted by Crippen LogP contribution is -2.01. The van der Waals surface area contributed by atoms with Crippen molar-refractivity contribution in [2.75, 3.05) is 0 Å². The lowest BCUT2D eigenvalue weighted by atomic mass is 10.2. The topological polar surface area (TPSA) is 33.1 Å². The highest BCUT2D eigenvalue weighted by Crippen LogP contribution is 2.31. The molecule has 1 aromatic rings. The molecule has 0 atom stereocenters. The van der Waals surface area contributed by atoms with Crippen LogP contribution in [-0.4, -0.2) is 10.1 Å². The zero-order chi connectivity index (χ0) is 10.7. The first-order valence-electron chi connectivity index (χ1n) is 3.73. The van der Waals surface area contributed by atoms with Crippen LogP contribution >= 0.6 is 31.9 Å². The fraction of sp³-hybridized carbons (Fsp3) is 0.375. The van der Waals surface area contributed by atoms with E-state index in [1.54, 1.807) is 0 Å². The van der Waals surface area contributed by atoms with Crippen molar-refractivity contribution in [3.8, 4) is 0 Å². The molecule has 0 amide bonds. The maximum absolute atomic E-state index is 12.6. The zero-order valence-electron chi connectivity index (χ0n) is 6.98. The summed E-state index contributed by atoms with van der Waals surface area (Å²) in [7, 11) is 0. The van der Waals surface area contributed by atoms with Crippen LogP contribution in [0, 0.1) is 0 Å². The van der Waals surface area contributed by atoms with Gasteiger partial charge >= 0.3 is 0 Å². The fourth-order valence-corrected chi connectivity index (χ4v) is 2.13. The minimum absolute atomic E-state index is 0.126. The summed E-state index contributed by atoms with van der Waals surface area (Å²) >= 11 is 6.10. The second-order valence-corrected chi connectivity index (χ2v) is 3.96. The first-order chi connectivity index (χ1) is 6.60. The summed E-state index contributed by atoms with van der Waals surface area (Å²) in [6.45, 7) is -0.262. The van der Waals surface area contributed by atoms with E-state index in [4.69, 9.17) is 5.11 Å². The second kappa shape index (κ2) is 5.14. The number of aromatic nitrogens is 1. The van der Waals surface area contributed by atoms with E-state index in [2.05, 4.69) is 36.8 Å². The average molecular weight is 331 g/mol. The number of pyridine rings is 1. The number of halogens is 4. The van der Waals surface area contributed by atoms with Gasteiger partial charge in [0.05, 0.1) is 23.6 Å². The third-order valence-corrected chi connectivity index (χ3v) is 2.83. The zero-order valence-corrected chi connectivity index (χ0v) is 10.1. The van der Waals surface area contributed by atoms with Crippen LogP contribution in [0.4, 0.5) is 8.78 Å². The van der Waals surface area contributed by atoms with Gasteiger partial charge < -0.3 is 5.11 Å². The normalized spacial score (nSPS) is 11.0. The standard InChI is InChI=1S/C8H7Br2F2NO/c9-2-6-7(8(11)12)5(10)1-4(3-14)13-6/h1,8,14H,2-3H2. The highest BCUT2D eigenvalue weighted by atomic mass is 79.9. The Morgan fingerprint density at radius 3 is 2.57 bits per heavy atom. The van der Waals surface area contributed by atoms with Crippen LogP contribution < -0.4 is 0 Å². The lowest BCUT2D eigenvalue weighted by molar-refractivity contribution is 0.149. The molecule has 14 heavy (non-hydrogen) atoms. The van der Waals surface area contributed by atoms with Crippen LogP contribution in [0.1, 0.15) is 23.4 Å². The van der Waals surface area contributed by atoms with Crippen LogP contribution in [0.5, 0.6) is 0 Å². The molecule has 0 fully saturated rings. The van der Waals surface area contributed by atoms with Crippen LogP contribution in [0.25, 0.3) is 0 Å². The predicted molar refractivity (Wildman–Crippen MR) is 55.4 cm³/mol. The fourth-order valence-electron chi connectivity index (χ4n) is 1.04. The molecule has 0 aliphatic carbocycles. The van der Waals surface area contributed by atoms with Gasteiger partial charge in [-0.1, -0.05) is 31.9 Å². The molecule has 1 rings (SSSR count). The van der Waals surface area contributed by atoms with Crippen molar-refractivity contribution in [1.82, 2.24) is 4.98 Å². The number of aliphatic hydroxyl groups is 1.